The van der Waals surface area contributed by atoms with Crippen LogP contribution in [0.3, 0.4) is 0 Å². The smallest absolute Gasteiger partial charge is 0.175 e. The van der Waals surface area contributed by atoms with Crippen molar-refractivity contribution >= 4 is 33.6 Å². The standard InChI is InChI=1S/C16H18N2O2S.3C2H6.ClH/c1-17-16(13-6-4-3-5-7-13)12-18-14-8-10-15(11-9-14)21(2,19)20;3*1-2;/h3-12,17-18H,1-2H3;3*1-2H3;1H/b16-12-;;;;. The number of rotatable bonds is 5. The molecular weight excluding hydrogens is 392 g/mol. The lowest BCUT2D eigenvalue weighted by Gasteiger charge is -2.09. The first kappa shape index (κ1) is 30.7. The van der Waals surface area contributed by atoms with Gasteiger partial charge in [0.15, 0.2) is 9.84 Å². The molecule has 0 heterocycles. The van der Waals surface area contributed by atoms with E-state index in [-0.39, 0.29) is 12.4 Å². The Bertz CT molecular complexity index is 729. The van der Waals surface area contributed by atoms with Gasteiger partial charge in [-0.3, -0.25) is 0 Å². The predicted octanol–water partition coefficient (Wildman–Crippen LogP) is 6.22. The van der Waals surface area contributed by atoms with Gasteiger partial charge in [-0.15, -0.1) is 12.4 Å². The zero-order valence-corrected chi connectivity index (χ0v) is 20.0. The van der Waals surface area contributed by atoms with Crippen LogP contribution in [0.25, 0.3) is 5.70 Å². The van der Waals surface area contributed by atoms with Crippen molar-refractivity contribution in [3.8, 4) is 0 Å². The van der Waals surface area contributed by atoms with E-state index in [1.807, 2.05) is 85.1 Å². The van der Waals surface area contributed by atoms with Crippen LogP contribution in [0, 0.1) is 0 Å². The van der Waals surface area contributed by atoms with Gasteiger partial charge in [-0.25, -0.2) is 8.42 Å². The highest BCUT2D eigenvalue weighted by Gasteiger charge is 2.05. The average Bonchev–Trinajstić information content (AvgIpc) is 2.73. The molecule has 0 aliphatic heterocycles. The fourth-order valence-corrected chi connectivity index (χ4v) is 2.50. The Balaban J connectivity index is -0.000000815. The maximum atomic E-state index is 11.4. The Kier molecular flexibility index (Phi) is 20.2. The van der Waals surface area contributed by atoms with E-state index in [1.165, 1.54) is 6.26 Å². The third-order valence-electron chi connectivity index (χ3n) is 3.02. The van der Waals surface area contributed by atoms with Gasteiger partial charge in [0.05, 0.1) is 10.6 Å². The summed E-state index contributed by atoms with van der Waals surface area (Å²) < 4.78 is 22.8. The maximum absolute atomic E-state index is 11.4. The predicted molar refractivity (Wildman–Crippen MR) is 128 cm³/mol. The molecule has 28 heavy (non-hydrogen) atoms. The topological polar surface area (TPSA) is 58.2 Å². The Hall–Kier alpha value is -1.98. The monoisotopic (exact) mass is 428 g/mol. The summed E-state index contributed by atoms with van der Waals surface area (Å²) in [6.45, 7) is 12.0. The van der Waals surface area contributed by atoms with E-state index in [9.17, 15) is 8.42 Å². The zero-order chi connectivity index (χ0) is 21.3. The van der Waals surface area contributed by atoms with Gasteiger partial charge in [0.25, 0.3) is 0 Å². The highest BCUT2D eigenvalue weighted by molar-refractivity contribution is 7.90. The molecule has 0 radical (unpaired) electrons. The Labute approximate surface area is 178 Å². The van der Waals surface area contributed by atoms with Crippen LogP contribution in [0.5, 0.6) is 0 Å². The van der Waals surface area contributed by atoms with E-state index in [0.717, 1.165) is 16.9 Å². The van der Waals surface area contributed by atoms with E-state index in [1.54, 1.807) is 24.3 Å². The first-order chi connectivity index (χ1) is 13.0. The van der Waals surface area contributed by atoms with Gasteiger partial charge >= 0.3 is 0 Å². The van der Waals surface area contributed by atoms with Gasteiger partial charge in [0.2, 0.25) is 0 Å². The molecule has 0 spiro atoms. The minimum Gasteiger partial charge on any atom is -0.386 e. The Morgan fingerprint density at radius 3 is 1.68 bits per heavy atom. The van der Waals surface area contributed by atoms with Gasteiger partial charge < -0.3 is 10.6 Å². The number of anilines is 1. The second kappa shape index (κ2) is 18.4. The molecule has 0 unspecified atom stereocenters. The molecule has 4 nitrogen and oxygen atoms in total. The van der Waals surface area contributed by atoms with E-state index in [2.05, 4.69) is 10.6 Å². The summed E-state index contributed by atoms with van der Waals surface area (Å²) in [6.07, 6.45) is 3.05. The molecule has 2 N–H and O–H groups in total. The second-order valence-corrected chi connectivity index (χ2v) is 6.63. The molecule has 160 valence electrons. The molecular formula is C22H37ClN2O2S. The van der Waals surface area contributed by atoms with Crippen molar-refractivity contribution in [1.82, 2.24) is 5.32 Å². The van der Waals surface area contributed by atoms with Gasteiger partial charge in [-0.1, -0.05) is 71.9 Å². The first-order valence-electron chi connectivity index (χ1n) is 9.51. The molecule has 0 saturated heterocycles. The van der Waals surface area contributed by atoms with E-state index >= 15 is 0 Å². The molecule has 0 aliphatic rings. The summed E-state index contributed by atoms with van der Waals surface area (Å²) in [5.41, 5.74) is 2.84. The van der Waals surface area contributed by atoms with Crippen LogP contribution < -0.4 is 10.6 Å². The molecule has 2 aromatic rings. The molecule has 0 aromatic heterocycles. The number of nitrogens with one attached hydrogen (secondary N) is 2. The van der Waals surface area contributed by atoms with Crippen molar-refractivity contribution in [3.63, 3.8) is 0 Å². The zero-order valence-electron chi connectivity index (χ0n) is 18.4. The number of hydrogen-bond donors (Lipinski definition) is 2. The average molecular weight is 429 g/mol. The fraction of sp³-hybridized carbons (Fsp3) is 0.364. The fourth-order valence-electron chi connectivity index (χ4n) is 1.87. The summed E-state index contributed by atoms with van der Waals surface area (Å²) in [6, 6.07) is 16.6. The van der Waals surface area contributed by atoms with E-state index < -0.39 is 9.84 Å². The van der Waals surface area contributed by atoms with Gasteiger partial charge in [-0.2, -0.15) is 0 Å². The molecule has 0 amide bonds. The van der Waals surface area contributed by atoms with Crippen LogP contribution >= 0.6 is 12.4 Å². The molecule has 2 aromatic carbocycles. The minimum absolute atomic E-state index is 0. The lowest BCUT2D eigenvalue weighted by molar-refractivity contribution is 0.602. The third-order valence-corrected chi connectivity index (χ3v) is 4.15. The van der Waals surface area contributed by atoms with Crippen LogP contribution in [0.2, 0.25) is 0 Å². The summed E-state index contributed by atoms with van der Waals surface area (Å²) >= 11 is 0. The lowest BCUT2D eigenvalue weighted by atomic mass is 10.2. The lowest BCUT2D eigenvalue weighted by Crippen LogP contribution is -2.06. The molecule has 0 aliphatic carbocycles. The molecule has 0 atom stereocenters. The summed E-state index contributed by atoms with van der Waals surface area (Å²) in [7, 11) is -1.30. The molecule has 6 heteroatoms. The SMILES string of the molecule is CC.CC.CC.CN/C(=C\Nc1ccc(S(C)(=O)=O)cc1)c1ccccc1.Cl. The van der Waals surface area contributed by atoms with Crippen LogP contribution in [0.1, 0.15) is 47.1 Å². The normalized spacial score (nSPS) is 9.64. The highest BCUT2D eigenvalue weighted by Crippen LogP contribution is 2.15. The van der Waals surface area contributed by atoms with Crippen molar-refractivity contribution in [2.24, 2.45) is 0 Å². The first-order valence-corrected chi connectivity index (χ1v) is 11.4. The number of benzene rings is 2. The van der Waals surface area contributed by atoms with Gasteiger partial charge in [-0.05, 0) is 29.8 Å². The Morgan fingerprint density at radius 1 is 0.821 bits per heavy atom. The molecule has 0 saturated carbocycles. The van der Waals surface area contributed by atoms with Crippen molar-refractivity contribution in [1.29, 1.82) is 0 Å². The Morgan fingerprint density at radius 2 is 1.29 bits per heavy atom. The molecule has 0 bridgehead atoms. The maximum Gasteiger partial charge on any atom is 0.175 e. The van der Waals surface area contributed by atoms with Crippen molar-refractivity contribution in [2.45, 2.75) is 46.4 Å². The van der Waals surface area contributed by atoms with Crippen LogP contribution in [-0.2, 0) is 9.84 Å². The van der Waals surface area contributed by atoms with E-state index in [4.69, 9.17) is 0 Å². The quantitative estimate of drug-likeness (QED) is 0.593. The molecule has 2 rings (SSSR count). The summed E-state index contributed by atoms with van der Waals surface area (Å²) in [4.78, 5) is 0.314. The number of hydrogen-bond acceptors (Lipinski definition) is 4. The summed E-state index contributed by atoms with van der Waals surface area (Å²) in [5.74, 6) is 0. The number of sulfone groups is 1. The van der Waals surface area contributed by atoms with E-state index in [0.29, 0.717) is 4.90 Å². The third kappa shape index (κ3) is 11.7. The second-order valence-electron chi connectivity index (χ2n) is 4.61. The largest absolute Gasteiger partial charge is 0.386 e. The van der Waals surface area contributed by atoms with Crippen LogP contribution in [0.4, 0.5) is 5.69 Å². The van der Waals surface area contributed by atoms with Crippen LogP contribution in [0.15, 0.2) is 65.7 Å². The molecule has 0 fully saturated rings. The number of halogens is 1. The van der Waals surface area contributed by atoms with Crippen molar-refractivity contribution in [3.05, 3.63) is 66.4 Å². The van der Waals surface area contributed by atoms with Gasteiger partial charge in [0, 0.05) is 25.2 Å². The van der Waals surface area contributed by atoms with Crippen LogP contribution in [-0.4, -0.2) is 21.7 Å². The van der Waals surface area contributed by atoms with Crippen molar-refractivity contribution < 1.29 is 8.42 Å². The highest BCUT2D eigenvalue weighted by atomic mass is 35.5. The summed E-state index contributed by atoms with van der Waals surface area (Å²) in [5, 5.41) is 6.28. The van der Waals surface area contributed by atoms with Crippen molar-refractivity contribution in [2.75, 3.05) is 18.6 Å². The van der Waals surface area contributed by atoms with Gasteiger partial charge in [0.1, 0.15) is 0 Å². The minimum atomic E-state index is -3.15.